The van der Waals surface area contributed by atoms with Crippen molar-refractivity contribution in [1.29, 1.82) is 0 Å². The molecule has 0 saturated heterocycles. The molecular weight excluding hydrogens is 617 g/mol. The van der Waals surface area contributed by atoms with Crippen LogP contribution in [0.15, 0.2) is 133 Å². The number of para-hydroxylation sites is 1. The second-order valence-corrected chi connectivity index (χ2v) is 11.9. The van der Waals surface area contributed by atoms with Gasteiger partial charge in [0.05, 0.1) is 45.8 Å². The molecule has 6 aromatic carbocycles. The van der Waals surface area contributed by atoms with Crippen molar-refractivity contribution in [2.45, 2.75) is 13.1 Å². The van der Waals surface area contributed by atoms with E-state index < -0.39 is 11.7 Å². The minimum atomic E-state index is -4.44. The van der Waals surface area contributed by atoms with Crippen LogP contribution in [0.2, 0.25) is 0 Å². The number of nitrogens with zero attached hydrogens (tertiary/aromatic N) is 4. The van der Waals surface area contributed by atoms with Crippen molar-refractivity contribution in [3.05, 3.63) is 156 Å². The minimum absolute atomic E-state index is 0.348. The van der Waals surface area contributed by atoms with Crippen LogP contribution < -0.4 is 0 Å². The van der Waals surface area contributed by atoms with Gasteiger partial charge < -0.3 is 0 Å². The topological polar surface area (TPSA) is 43.0 Å². The lowest BCUT2D eigenvalue weighted by atomic mass is 9.95. The minimum Gasteiger partial charge on any atom is -0.255 e. The zero-order valence-corrected chi connectivity index (χ0v) is 26.1. The average Bonchev–Trinajstić information content (AvgIpc) is 3.13. The summed E-state index contributed by atoms with van der Waals surface area (Å²) < 4.78 is 40.8. The van der Waals surface area contributed by atoms with Crippen molar-refractivity contribution < 1.29 is 13.2 Å². The summed E-state index contributed by atoms with van der Waals surface area (Å²) in [5.74, 6) is 0. The summed E-state index contributed by atoms with van der Waals surface area (Å²) in [5, 5.41) is 2.44. The molecule has 7 heteroatoms. The maximum atomic E-state index is 13.6. The van der Waals surface area contributed by atoms with Gasteiger partial charge in [-0.15, -0.1) is 0 Å². The van der Waals surface area contributed by atoms with Gasteiger partial charge in [-0.1, -0.05) is 109 Å². The molecule has 0 atom stereocenters. The number of pyridine rings is 1. The first-order valence-electron chi connectivity index (χ1n) is 15.6. The van der Waals surface area contributed by atoms with Gasteiger partial charge in [-0.3, -0.25) is 4.98 Å². The smallest absolute Gasteiger partial charge is 0.255 e. The Kier molecular flexibility index (Phi) is 7.15. The number of alkyl halides is 3. The fourth-order valence-corrected chi connectivity index (χ4v) is 6.45. The lowest BCUT2D eigenvalue weighted by molar-refractivity contribution is -0.137. The third-order valence-electron chi connectivity index (χ3n) is 8.70. The molecule has 0 spiro atoms. The predicted octanol–water partition coefficient (Wildman–Crippen LogP) is 11.9. The molecule has 0 radical (unpaired) electrons. The van der Waals surface area contributed by atoms with E-state index in [9.17, 15) is 13.2 Å². The fraction of sp³-hybridized carbons (Fsp3) is 0.0476. The molecule has 49 heavy (non-hydrogen) atoms. The van der Waals surface area contributed by atoms with Crippen molar-refractivity contribution in [3.8, 4) is 44.9 Å². The van der Waals surface area contributed by atoms with Crippen molar-refractivity contribution in [2.75, 3.05) is 0 Å². The molecule has 0 aliphatic carbocycles. The van der Waals surface area contributed by atoms with E-state index >= 15 is 0 Å². The Morgan fingerprint density at radius 1 is 0.531 bits per heavy atom. The molecule has 0 aliphatic rings. The highest BCUT2D eigenvalue weighted by Crippen LogP contribution is 2.43. The van der Waals surface area contributed by atoms with Gasteiger partial charge in [-0.05, 0) is 47.9 Å². The Labute approximate surface area is 280 Å². The van der Waals surface area contributed by atoms with Crippen LogP contribution in [0.1, 0.15) is 11.1 Å². The second kappa shape index (κ2) is 11.7. The number of hydrogen-bond acceptors (Lipinski definition) is 3. The third kappa shape index (κ3) is 5.34. The van der Waals surface area contributed by atoms with Crippen LogP contribution in [-0.2, 0) is 6.18 Å². The van der Waals surface area contributed by atoms with E-state index in [2.05, 4.69) is 4.85 Å². The summed E-state index contributed by atoms with van der Waals surface area (Å²) in [6.45, 7) is 9.85. The van der Waals surface area contributed by atoms with Gasteiger partial charge in [0.1, 0.15) is 0 Å². The Balaban J connectivity index is 1.40. The molecule has 2 aromatic heterocycles. The summed E-state index contributed by atoms with van der Waals surface area (Å²) in [7, 11) is 0. The molecule has 0 N–H and O–H groups in total. The van der Waals surface area contributed by atoms with Crippen LogP contribution in [0.4, 0.5) is 18.9 Å². The van der Waals surface area contributed by atoms with E-state index in [0.717, 1.165) is 44.4 Å². The van der Waals surface area contributed by atoms with Crippen LogP contribution in [0.5, 0.6) is 0 Å². The number of aryl methyl sites for hydroxylation is 1. The van der Waals surface area contributed by atoms with Crippen LogP contribution in [0.25, 0.3) is 82.5 Å². The molecule has 0 amide bonds. The lowest BCUT2D eigenvalue weighted by Crippen LogP contribution is -2.05. The second-order valence-electron chi connectivity index (χ2n) is 11.9. The molecule has 234 valence electrons. The Morgan fingerprint density at radius 3 is 1.73 bits per heavy atom. The number of rotatable bonds is 4. The first-order valence-corrected chi connectivity index (χ1v) is 15.6. The molecule has 0 aliphatic heterocycles. The summed E-state index contributed by atoms with van der Waals surface area (Å²) in [6, 6.07) is 40.8. The fourth-order valence-electron chi connectivity index (χ4n) is 6.45. The largest absolute Gasteiger partial charge is 0.416 e. The summed E-state index contributed by atoms with van der Waals surface area (Å²) in [6.07, 6.45) is -4.44. The number of halogens is 3. The zero-order valence-electron chi connectivity index (χ0n) is 26.1. The van der Waals surface area contributed by atoms with Crippen molar-refractivity contribution in [2.24, 2.45) is 0 Å². The van der Waals surface area contributed by atoms with E-state index in [1.165, 1.54) is 6.07 Å². The van der Waals surface area contributed by atoms with Gasteiger partial charge in [0.2, 0.25) is 5.69 Å². The van der Waals surface area contributed by atoms with E-state index in [4.69, 9.17) is 21.5 Å². The molecule has 0 unspecified atom stereocenters. The van der Waals surface area contributed by atoms with Crippen molar-refractivity contribution >= 4 is 38.4 Å². The first-order chi connectivity index (χ1) is 23.8. The van der Waals surface area contributed by atoms with Gasteiger partial charge in [-0.2, -0.15) is 13.2 Å². The van der Waals surface area contributed by atoms with Gasteiger partial charge in [-0.25, -0.2) is 14.8 Å². The molecule has 0 fully saturated rings. The predicted molar refractivity (Wildman–Crippen MR) is 190 cm³/mol. The number of hydrogen-bond donors (Lipinski definition) is 0. The van der Waals surface area contributed by atoms with E-state index in [-0.39, 0.29) is 0 Å². The monoisotopic (exact) mass is 642 g/mol. The molecule has 0 bridgehead atoms. The molecule has 4 nitrogen and oxygen atoms in total. The van der Waals surface area contributed by atoms with Gasteiger partial charge in [0.25, 0.3) is 0 Å². The Morgan fingerprint density at radius 2 is 1.10 bits per heavy atom. The van der Waals surface area contributed by atoms with Crippen molar-refractivity contribution in [3.63, 3.8) is 0 Å². The zero-order chi connectivity index (χ0) is 33.7. The van der Waals surface area contributed by atoms with Crippen LogP contribution in [0, 0.1) is 13.5 Å². The third-order valence-corrected chi connectivity index (χ3v) is 8.70. The Bertz CT molecular complexity index is 2590. The normalized spacial score (nSPS) is 11.7. The summed E-state index contributed by atoms with van der Waals surface area (Å²) >= 11 is 0. The molecule has 8 rings (SSSR count). The maximum Gasteiger partial charge on any atom is 0.416 e. The standard InChI is InChI=1S/C42H25F3N4/c1-25-21-30(23-31(22-25)42(43,44)45)26-17-19-29(20-18-26)37-33-24-35(46-2)40-41(36(33)32-15-9-10-16-34(32)47-37)49-39(28-13-7-4-8-14-28)38(48-40)27-11-5-3-6-12-27/h3-24H,1H3. The molecular formula is C42H25F3N4. The van der Waals surface area contributed by atoms with Crippen LogP contribution in [-0.4, -0.2) is 15.0 Å². The highest BCUT2D eigenvalue weighted by molar-refractivity contribution is 6.23. The lowest BCUT2D eigenvalue weighted by Gasteiger charge is -2.16. The van der Waals surface area contributed by atoms with Gasteiger partial charge >= 0.3 is 6.18 Å². The summed E-state index contributed by atoms with van der Waals surface area (Å²) in [4.78, 5) is 19.4. The molecule has 2 heterocycles. The van der Waals surface area contributed by atoms with Gasteiger partial charge in [0.15, 0.2) is 0 Å². The Hall–Kier alpha value is -6.39. The SMILES string of the molecule is [C-]#[N+]c1cc2c(-c3ccc(-c4cc(C)cc(C(F)(F)F)c4)cc3)nc3ccccc3c2c2nc(-c3ccccc3)c(-c3ccccc3)nc12. The highest BCUT2D eigenvalue weighted by atomic mass is 19.4. The first kappa shape index (κ1) is 30.0. The van der Waals surface area contributed by atoms with Crippen molar-refractivity contribution in [1.82, 2.24) is 15.0 Å². The number of benzene rings is 6. The number of aromatic nitrogens is 3. The molecule has 0 saturated carbocycles. The van der Waals surface area contributed by atoms with E-state index in [0.29, 0.717) is 50.5 Å². The summed E-state index contributed by atoms with van der Waals surface area (Å²) in [5.41, 5.74) is 7.74. The highest BCUT2D eigenvalue weighted by Gasteiger charge is 2.31. The van der Waals surface area contributed by atoms with Crippen LogP contribution in [0.3, 0.4) is 0 Å². The molecule has 8 aromatic rings. The maximum absolute atomic E-state index is 13.6. The number of fused-ring (bicyclic) bond motifs is 5. The van der Waals surface area contributed by atoms with Gasteiger partial charge in [0, 0.05) is 32.8 Å². The quantitative estimate of drug-likeness (QED) is 0.142. The van der Waals surface area contributed by atoms with E-state index in [1.54, 1.807) is 13.0 Å². The van der Waals surface area contributed by atoms with Crippen LogP contribution >= 0.6 is 0 Å². The average molecular weight is 643 g/mol. The van der Waals surface area contributed by atoms with E-state index in [1.807, 2.05) is 115 Å².